The molecule has 0 fully saturated rings. The number of ether oxygens (including phenoxy) is 2. The van der Waals surface area contributed by atoms with Gasteiger partial charge in [-0.3, -0.25) is 0 Å². The smallest absolute Gasteiger partial charge is 0.231 e. The molecule has 0 bridgehead atoms. The first-order chi connectivity index (χ1) is 7.09. The van der Waals surface area contributed by atoms with Crippen LogP contribution in [0.25, 0.3) is 0 Å². The number of halogens is 1. The van der Waals surface area contributed by atoms with Gasteiger partial charge >= 0.3 is 0 Å². The first-order valence-corrected chi connectivity index (χ1v) is 5.66. The van der Waals surface area contributed by atoms with Crippen LogP contribution in [-0.4, -0.2) is 11.9 Å². The van der Waals surface area contributed by atoms with Crippen molar-refractivity contribution >= 4 is 15.9 Å². The van der Waals surface area contributed by atoms with Gasteiger partial charge in [-0.05, 0) is 39.5 Å². The van der Waals surface area contributed by atoms with Gasteiger partial charge in [0.2, 0.25) is 6.79 Å². The SMILES string of the molecule is CC(C)C(O)c1cc(Br)c2c(c1)OCO2. The van der Waals surface area contributed by atoms with Crippen LogP contribution in [0.15, 0.2) is 16.6 Å². The van der Waals surface area contributed by atoms with Crippen LogP contribution >= 0.6 is 15.9 Å². The maximum atomic E-state index is 9.94. The molecule has 0 saturated heterocycles. The van der Waals surface area contributed by atoms with Crippen molar-refractivity contribution in [3.05, 3.63) is 22.2 Å². The second kappa shape index (κ2) is 4.02. The first kappa shape index (κ1) is 10.8. The van der Waals surface area contributed by atoms with Crippen LogP contribution in [0.2, 0.25) is 0 Å². The lowest BCUT2D eigenvalue weighted by Gasteiger charge is -2.15. The third-order valence-electron chi connectivity index (χ3n) is 2.42. The van der Waals surface area contributed by atoms with Gasteiger partial charge in [-0.1, -0.05) is 13.8 Å². The molecule has 15 heavy (non-hydrogen) atoms. The standard InChI is InChI=1S/C11H13BrO3/c1-6(2)10(13)7-3-8(12)11-9(4-7)14-5-15-11/h3-4,6,10,13H,5H2,1-2H3. The summed E-state index contributed by atoms with van der Waals surface area (Å²) in [5.74, 6) is 1.59. The fourth-order valence-corrected chi connectivity index (χ4v) is 2.12. The van der Waals surface area contributed by atoms with Gasteiger partial charge in [-0.25, -0.2) is 0 Å². The summed E-state index contributed by atoms with van der Waals surface area (Å²) in [5, 5.41) is 9.94. The van der Waals surface area contributed by atoms with Crippen molar-refractivity contribution in [2.75, 3.05) is 6.79 Å². The average molecular weight is 273 g/mol. The molecule has 1 aromatic carbocycles. The first-order valence-electron chi connectivity index (χ1n) is 4.86. The Morgan fingerprint density at radius 1 is 1.33 bits per heavy atom. The second-order valence-electron chi connectivity index (χ2n) is 3.93. The van der Waals surface area contributed by atoms with Gasteiger partial charge in [0, 0.05) is 0 Å². The zero-order valence-corrected chi connectivity index (χ0v) is 10.2. The van der Waals surface area contributed by atoms with Gasteiger partial charge in [0.1, 0.15) is 0 Å². The van der Waals surface area contributed by atoms with E-state index in [4.69, 9.17) is 9.47 Å². The van der Waals surface area contributed by atoms with Crippen LogP contribution in [0.4, 0.5) is 0 Å². The topological polar surface area (TPSA) is 38.7 Å². The Morgan fingerprint density at radius 3 is 2.73 bits per heavy atom. The molecular weight excluding hydrogens is 260 g/mol. The zero-order chi connectivity index (χ0) is 11.0. The van der Waals surface area contributed by atoms with Crippen molar-refractivity contribution in [3.8, 4) is 11.5 Å². The molecule has 1 atom stereocenters. The number of benzene rings is 1. The Hall–Kier alpha value is -0.740. The Morgan fingerprint density at radius 2 is 2.07 bits per heavy atom. The Bertz CT molecular complexity index is 376. The van der Waals surface area contributed by atoms with Crippen LogP contribution in [0, 0.1) is 5.92 Å². The summed E-state index contributed by atoms with van der Waals surface area (Å²) in [5.41, 5.74) is 0.848. The third-order valence-corrected chi connectivity index (χ3v) is 3.01. The molecule has 1 aromatic rings. The highest BCUT2D eigenvalue weighted by Gasteiger charge is 2.21. The molecule has 4 heteroatoms. The van der Waals surface area contributed by atoms with Gasteiger partial charge in [-0.2, -0.15) is 0 Å². The van der Waals surface area contributed by atoms with E-state index in [1.807, 2.05) is 26.0 Å². The van der Waals surface area contributed by atoms with Gasteiger partial charge < -0.3 is 14.6 Å². The molecule has 1 aliphatic heterocycles. The molecule has 0 saturated carbocycles. The van der Waals surface area contributed by atoms with E-state index in [1.54, 1.807) is 0 Å². The average Bonchev–Trinajstić information content (AvgIpc) is 2.64. The summed E-state index contributed by atoms with van der Waals surface area (Å²) in [7, 11) is 0. The minimum Gasteiger partial charge on any atom is -0.454 e. The van der Waals surface area contributed by atoms with E-state index in [0.717, 1.165) is 15.8 Å². The highest BCUT2D eigenvalue weighted by molar-refractivity contribution is 9.10. The lowest BCUT2D eigenvalue weighted by Crippen LogP contribution is -2.05. The van der Waals surface area contributed by atoms with Crippen LogP contribution in [0.3, 0.4) is 0 Å². The summed E-state index contributed by atoms with van der Waals surface area (Å²) in [6.07, 6.45) is -0.476. The molecule has 1 N–H and O–H groups in total. The molecule has 0 aromatic heterocycles. The maximum absolute atomic E-state index is 9.94. The number of aliphatic hydroxyl groups is 1. The van der Waals surface area contributed by atoms with E-state index < -0.39 is 6.10 Å². The Kier molecular flexibility index (Phi) is 2.89. The predicted molar refractivity (Wildman–Crippen MR) is 60.1 cm³/mol. The van der Waals surface area contributed by atoms with Crippen LogP contribution in [0.5, 0.6) is 11.5 Å². The minimum atomic E-state index is -0.476. The quantitative estimate of drug-likeness (QED) is 0.900. The van der Waals surface area contributed by atoms with Crippen molar-refractivity contribution in [3.63, 3.8) is 0 Å². The fraction of sp³-hybridized carbons (Fsp3) is 0.455. The number of rotatable bonds is 2. The van der Waals surface area contributed by atoms with Gasteiger partial charge in [0.05, 0.1) is 10.6 Å². The summed E-state index contributed by atoms with van der Waals surface area (Å²) in [4.78, 5) is 0. The normalized spacial score (nSPS) is 15.8. The molecule has 1 unspecified atom stereocenters. The molecule has 1 aliphatic rings. The molecule has 3 nitrogen and oxygen atoms in total. The van der Waals surface area contributed by atoms with E-state index >= 15 is 0 Å². The van der Waals surface area contributed by atoms with E-state index in [0.29, 0.717) is 5.75 Å². The maximum Gasteiger partial charge on any atom is 0.231 e. The van der Waals surface area contributed by atoms with E-state index in [9.17, 15) is 5.11 Å². The predicted octanol–water partition coefficient (Wildman–Crippen LogP) is 2.87. The number of aliphatic hydroxyl groups excluding tert-OH is 1. The minimum absolute atomic E-state index is 0.178. The molecule has 0 amide bonds. The van der Waals surface area contributed by atoms with Crippen molar-refractivity contribution in [2.45, 2.75) is 20.0 Å². The van der Waals surface area contributed by atoms with Gasteiger partial charge in [-0.15, -0.1) is 0 Å². The Balaban J connectivity index is 2.39. The molecule has 1 heterocycles. The van der Waals surface area contributed by atoms with Crippen molar-refractivity contribution < 1.29 is 14.6 Å². The molecule has 0 aliphatic carbocycles. The zero-order valence-electron chi connectivity index (χ0n) is 8.66. The summed E-state index contributed by atoms with van der Waals surface area (Å²) >= 11 is 3.40. The van der Waals surface area contributed by atoms with Crippen molar-refractivity contribution in [1.82, 2.24) is 0 Å². The lowest BCUT2D eigenvalue weighted by atomic mass is 9.99. The van der Waals surface area contributed by atoms with Gasteiger partial charge in [0.15, 0.2) is 11.5 Å². The molecule has 82 valence electrons. The highest BCUT2D eigenvalue weighted by atomic mass is 79.9. The highest BCUT2D eigenvalue weighted by Crippen LogP contribution is 2.41. The van der Waals surface area contributed by atoms with E-state index in [2.05, 4.69) is 15.9 Å². The molecular formula is C11H13BrO3. The summed E-state index contributed by atoms with van der Waals surface area (Å²) in [6, 6.07) is 3.70. The van der Waals surface area contributed by atoms with Crippen LogP contribution in [0.1, 0.15) is 25.5 Å². The number of fused-ring (bicyclic) bond motifs is 1. The lowest BCUT2D eigenvalue weighted by molar-refractivity contribution is 0.126. The second-order valence-corrected chi connectivity index (χ2v) is 4.78. The molecule has 2 rings (SSSR count). The largest absolute Gasteiger partial charge is 0.454 e. The van der Waals surface area contributed by atoms with E-state index in [1.165, 1.54) is 0 Å². The summed E-state index contributed by atoms with van der Waals surface area (Å²) < 4.78 is 11.4. The van der Waals surface area contributed by atoms with Crippen LogP contribution < -0.4 is 9.47 Å². The van der Waals surface area contributed by atoms with E-state index in [-0.39, 0.29) is 12.7 Å². The van der Waals surface area contributed by atoms with Crippen molar-refractivity contribution in [2.24, 2.45) is 5.92 Å². The number of hydrogen-bond acceptors (Lipinski definition) is 3. The number of hydrogen-bond donors (Lipinski definition) is 1. The summed E-state index contributed by atoms with van der Waals surface area (Å²) in [6.45, 7) is 4.20. The molecule has 0 radical (unpaired) electrons. The van der Waals surface area contributed by atoms with Gasteiger partial charge in [0.25, 0.3) is 0 Å². The van der Waals surface area contributed by atoms with Crippen molar-refractivity contribution in [1.29, 1.82) is 0 Å². The fourth-order valence-electron chi connectivity index (χ4n) is 1.54. The van der Waals surface area contributed by atoms with Crippen LogP contribution in [-0.2, 0) is 0 Å². The monoisotopic (exact) mass is 272 g/mol. The molecule has 0 spiro atoms. The Labute approximate surface area is 97.1 Å². The third kappa shape index (κ3) is 1.96.